The summed E-state index contributed by atoms with van der Waals surface area (Å²) in [5.74, 6) is -0.640. The second-order valence-corrected chi connectivity index (χ2v) is 11.3. The van der Waals surface area contributed by atoms with Crippen molar-refractivity contribution in [2.45, 2.75) is 24.7 Å². The zero-order valence-electron chi connectivity index (χ0n) is 14.6. The first-order valence-corrected chi connectivity index (χ1v) is 12.5. The molecule has 1 aromatic rings. The Morgan fingerprint density at radius 1 is 1.10 bits per heavy atom. The quantitative estimate of drug-likeness (QED) is 0.196. The molecular weight excluding hydrogens is 477 g/mol. The molecule has 30 heavy (non-hydrogen) atoms. The maximum atomic E-state index is 12.0. The molecule has 0 radical (unpaired) electrons. The lowest BCUT2D eigenvalue weighted by Crippen LogP contribution is -2.40. The van der Waals surface area contributed by atoms with Gasteiger partial charge in [-0.1, -0.05) is 0 Å². The predicted molar refractivity (Wildman–Crippen MR) is 92.7 cm³/mol. The average Bonchev–Trinajstić information content (AvgIpc) is 3.21. The van der Waals surface area contributed by atoms with Crippen LogP contribution >= 0.6 is 23.5 Å². The van der Waals surface area contributed by atoms with Gasteiger partial charge in [0.05, 0.1) is 18.8 Å². The van der Waals surface area contributed by atoms with E-state index in [-0.39, 0.29) is 6.42 Å². The summed E-state index contributed by atoms with van der Waals surface area (Å²) in [5.41, 5.74) is -2.86. The minimum atomic E-state index is -5.70. The van der Waals surface area contributed by atoms with Gasteiger partial charge in [-0.05, 0) is 12.3 Å². The van der Waals surface area contributed by atoms with E-state index in [0.29, 0.717) is 0 Å². The third-order valence-corrected chi connectivity index (χ3v) is 8.72. The number of fused-ring (bicyclic) bond motifs is 1. The minimum absolute atomic E-state index is 0.108. The third kappa shape index (κ3) is 4.75. The van der Waals surface area contributed by atoms with Crippen LogP contribution in [-0.2, 0) is 26.8 Å². The predicted octanol–water partition coefficient (Wildman–Crippen LogP) is -1.84. The molecule has 0 saturated heterocycles. The van der Waals surface area contributed by atoms with Gasteiger partial charge in [-0.15, -0.1) is 0 Å². The Hall–Kier alpha value is -0.990. The fraction of sp³-hybridized carbons (Fsp3) is 0.636. The molecular formula is C11H17N2O14P3. The highest BCUT2D eigenvalue weighted by Gasteiger charge is 2.72. The van der Waals surface area contributed by atoms with E-state index in [2.05, 4.69) is 13.1 Å². The zero-order chi connectivity index (χ0) is 22.7. The summed E-state index contributed by atoms with van der Waals surface area (Å²) in [7, 11) is -16.7. The number of nitrogens with one attached hydrogen (secondary N) is 1. The number of nitrogens with zero attached hydrogens (tertiary/aromatic N) is 1. The largest absolute Gasteiger partial charge is 0.490 e. The summed E-state index contributed by atoms with van der Waals surface area (Å²) in [6, 6.07) is 0.0171. The number of aromatic amines is 1. The normalized spacial score (nSPS) is 34.7. The van der Waals surface area contributed by atoms with E-state index in [1.807, 2.05) is 4.98 Å². The van der Waals surface area contributed by atoms with Gasteiger partial charge in [-0.25, -0.2) is 18.5 Å². The Balaban J connectivity index is 1.73. The van der Waals surface area contributed by atoms with E-state index in [1.165, 1.54) is 0 Å². The molecule has 2 aliphatic rings. The number of hydrogen-bond donors (Lipinski definition) is 7. The Labute approximate surface area is 166 Å². The second-order valence-electron chi connectivity index (χ2n) is 6.85. The van der Waals surface area contributed by atoms with E-state index in [1.54, 1.807) is 0 Å². The summed E-state index contributed by atoms with van der Waals surface area (Å²) < 4.78 is 46.6. The van der Waals surface area contributed by atoms with Crippen molar-refractivity contribution >= 4 is 23.5 Å². The first-order valence-electron chi connectivity index (χ1n) is 8.03. The zero-order valence-corrected chi connectivity index (χ0v) is 17.3. The molecule has 0 aromatic carbocycles. The molecule has 3 rings (SSSR count). The molecule has 170 valence electrons. The van der Waals surface area contributed by atoms with Gasteiger partial charge in [-0.3, -0.25) is 18.9 Å². The van der Waals surface area contributed by atoms with Crippen molar-refractivity contribution in [1.29, 1.82) is 0 Å². The van der Waals surface area contributed by atoms with E-state index >= 15 is 0 Å². The van der Waals surface area contributed by atoms with Crippen molar-refractivity contribution in [3.05, 3.63) is 33.1 Å². The first kappa shape index (κ1) is 23.7. The smallest absolute Gasteiger partial charge is 0.390 e. The molecule has 0 aliphatic heterocycles. The topological polar surface area (TPSA) is 255 Å². The van der Waals surface area contributed by atoms with Gasteiger partial charge in [0.15, 0.2) is 0 Å². The van der Waals surface area contributed by atoms with Gasteiger partial charge in [0.1, 0.15) is 6.10 Å². The average molecular weight is 494 g/mol. The van der Waals surface area contributed by atoms with Gasteiger partial charge >= 0.3 is 29.2 Å². The molecule has 7 atom stereocenters. The van der Waals surface area contributed by atoms with Crippen LogP contribution in [0.2, 0.25) is 0 Å². The number of rotatable bonds is 8. The molecule has 1 aromatic heterocycles. The van der Waals surface area contributed by atoms with Gasteiger partial charge in [-0.2, -0.15) is 8.62 Å². The molecule has 2 fully saturated rings. The van der Waals surface area contributed by atoms with Gasteiger partial charge in [0.25, 0.3) is 5.56 Å². The van der Waals surface area contributed by atoms with Crippen LogP contribution in [0.4, 0.5) is 0 Å². The van der Waals surface area contributed by atoms with Crippen molar-refractivity contribution in [3.63, 3.8) is 0 Å². The third-order valence-electron chi connectivity index (χ3n) is 4.94. The van der Waals surface area contributed by atoms with Crippen LogP contribution in [-0.4, -0.2) is 58.2 Å². The molecule has 2 aliphatic carbocycles. The second kappa shape index (κ2) is 7.55. The van der Waals surface area contributed by atoms with Crippen molar-refractivity contribution in [2.75, 3.05) is 6.61 Å². The first-order chi connectivity index (χ1) is 13.6. The van der Waals surface area contributed by atoms with Crippen molar-refractivity contribution in [1.82, 2.24) is 9.55 Å². The summed E-state index contributed by atoms with van der Waals surface area (Å²) in [6.45, 7) is -0.784. The summed E-state index contributed by atoms with van der Waals surface area (Å²) in [4.78, 5) is 60.9. The lowest BCUT2D eigenvalue weighted by atomic mass is 10.0. The van der Waals surface area contributed by atoms with Crippen LogP contribution in [0, 0.1) is 11.3 Å². The standard InChI is InChI=1S/C11H17N2O14P3/c14-6-1-2-13(10(17)12-6)7-5-3-11(5,9(16)8(7)15)4-25-29(21,22)27-30(23,24)26-28(18,19)20/h1-2,5,7-9,15-16H,3-4H2,(H,21,22)(H,23,24)(H,12,14,17)(H2,18,19,20)/t5-,7-,8+,9+,11-/m1/s1. The summed E-state index contributed by atoms with van der Waals surface area (Å²) >= 11 is 0. The Morgan fingerprint density at radius 3 is 2.30 bits per heavy atom. The lowest BCUT2D eigenvalue weighted by Gasteiger charge is -2.24. The molecule has 1 heterocycles. The van der Waals surface area contributed by atoms with Crippen LogP contribution in [0.5, 0.6) is 0 Å². The van der Waals surface area contributed by atoms with E-state index < -0.39 is 70.9 Å². The van der Waals surface area contributed by atoms with E-state index in [9.17, 15) is 38.4 Å². The molecule has 0 spiro atoms. The molecule has 2 unspecified atom stereocenters. The molecule has 7 N–H and O–H groups in total. The van der Waals surface area contributed by atoms with Crippen LogP contribution in [0.25, 0.3) is 0 Å². The molecule has 2 saturated carbocycles. The number of H-pyrrole nitrogens is 1. The minimum Gasteiger partial charge on any atom is -0.390 e. The number of aliphatic hydroxyl groups is 2. The number of aliphatic hydroxyl groups excluding tert-OH is 2. The van der Waals surface area contributed by atoms with Gasteiger partial charge < -0.3 is 29.8 Å². The van der Waals surface area contributed by atoms with Crippen LogP contribution in [0.1, 0.15) is 12.5 Å². The highest BCUT2D eigenvalue weighted by atomic mass is 31.3. The number of hydrogen-bond acceptors (Lipinski definition) is 10. The molecule has 19 heteroatoms. The number of aromatic nitrogens is 2. The monoisotopic (exact) mass is 494 g/mol. The SMILES string of the molecule is O=c1ccn([C@H]2[C@H](O)[C@H](O)[C@@]3(COP(=O)(O)OP(=O)(O)OP(=O)(O)O)C[C@H]23)c(=O)[nH]1. The summed E-state index contributed by atoms with van der Waals surface area (Å²) in [5, 5.41) is 20.7. The van der Waals surface area contributed by atoms with Crippen molar-refractivity contribution in [3.8, 4) is 0 Å². The van der Waals surface area contributed by atoms with Crippen LogP contribution in [0.15, 0.2) is 21.9 Å². The summed E-state index contributed by atoms with van der Waals surface area (Å²) in [6.07, 6.45) is -1.84. The van der Waals surface area contributed by atoms with Crippen molar-refractivity contribution < 1.29 is 56.6 Å². The molecule has 16 nitrogen and oxygen atoms in total. The van der Waals surface area contributed by atoms with Crippen LogP contribution in [0.3, 0.4) is 0 Å². The van der Waals surface area contributed by atoms with E-state index in [4.69, 9.17) is 14.7 Å². The number of phosphoric acid groups is 3. The lowest BCUT2D eigenvalue weighted by molar-refractivity contribution is -0.0306. The van der Waals surface area contributed by atoms with Gasteiger partial charge in [0, 0.05) is 17.7 Å². The van der Waals surface area contributed by atoms with Gasteiger partial charge in [0.2, 0.25) is 0 Å². The van der Waals surface area contributed by atoms with Crippen LogP contribution < -0.4 is 11.2 Å². The maximum Gasteiger partial charge on any atom is 0.490 e. The maximum absolute atomic E-state index is 12.0. The molecule has 0 bridgehead atoms. The van der Waals surface area contributed by atoms with E-state index in [0.717, 1.165) is 16.8 Å². The Morgan fingerprint density at radius 2 is 1.73 bits per heavy atom. The Kier molecular flexibility index (Phi) is 5.96. The highest BCUT2D eigenvalue weighted by molar-refractivity contribution is 7.66. The molecule has 0 amide bonds. The number of phosphoric ester groups is 1. The van der Waals surface area contributed by atoms with Crippen molar-refractivity contribution in [2.24, 2.45) is 11.3 Å². The fourth-order valence-electron chi connectivity index (χ4n) is 3.69. The highest BCUT2D eigenvalue weighted by Crippen LogP contribution is 2.70. The fourth-order valence-corrected chi connectivity index (χ4v) is 6.79. The Bertz CT molecular complexity index is 1090.